The molecule has 0 saturated carbocycles. The second kappa shape index (κ2) is 4.50. The summed E-state index contributed by atoms with van der Waals surface area (Å²) in [5, 5.41) is 0. The van der Waals surface area contributed by atoms with E-state index in [4.69, 9.17) is 4.55 Å². The van der Waals surface area contributed by atoms with Crippen LogP contribution in [-0.2, 0) is 24.4 Å². The van der Waals surface area contributed by atoms with Crippen LogP contribution in [0.15, 0.2) is 34.1 Å². The first-order chi connectivity index (χ1) is 7.29. The molecular formula is C8H10O6S2. The molecule has 1 aromatic rings. The molecule has 16 heavy (non-hydrogen) atoms. The summed E-state index contributed by atoms with van der Waals surface area (Å²) in [6, 6.07) is 4.67. The van der Waals surface area contributed by atoms with E-state index in [1.54, 1.807) is 0 Å². The molecule has 8 heteroatoms. The second-order valence-electron chi connectivity index (χ2n) is 2.78. The molecule has 6 nitrogen and oxygen atoms in total. The highest BCUT2D eigenvalue weighted by Crippen LogP contribution is 2.21. The van der Waals surface area contributed by atoms with Crippen molar-refractivity contribution in [2.75, 3.05) is 6.61 Å². The number of hydrogen-bond acceptors (Lipinski definition) is 5. The van der Waals surface area contributed by atoms with Gasteiger partial charge < -0.3 is 0 Å². The lowest BCUT2D eigenvalue weighted by Gasteiger charge is -2.06. The van der Waals surface area contributed by atoms with E-state index in [2.05, 4.69) is 4.18 Å². The molecule has 1 rings (SSSR count). The van der Waals surface area contributed by atoms with Crippen molar-refractivity contribution in [2.45, 2.75) is 16.7 Å². The predicted molar refractivity (Wildman–Crippen MR) is 55.1 cm³/mol. The summed E-state index contributed by atoms with van der Waals surface area (Å²) in [6.07, 6.45) is 0. The van der Waals surface area contributed by atoms with E-state index in [-0.39, 0.29) is 6.61 Å². The molecule has 1 N–H and O–H groups in total. The molecule has 0 fully saturated rings. The molecule has 0 bridgehead atoms. The van der Waals surface area contributed by atoms with Crippen molar-refractivity contribution in [1.29, 1.82) is 0 Å². The molecule has 0 spiro atoms. The zero-order valence-electron chi connectivity index (χ0n) is 8.32. The number of benzene rings is 1. The fraction of sp³-hybridized carbons (Fsp3) is 0.250. The van der Waals surface area contributed by atoms with Gasteiger partial charge in [-0.3, -0.25) is 8.74 Å². The van der Waals surface area contributed by atoms with Crippen LogP contribution in [0.25, 0.3) is 0 Å². The zero-order valence-corrected chi connectivity index (χ0v) is 9.95. The van der Waals surface area contributed by atoms with Crippen molar-refractivity contribution in [2.24, 2.45) is 0 Å². The summed E-state index contributed by atoms with van der Waals surface area (Å²) in [6.45, 7) is 1.33. The minimum atomic E-state index is -4.59. The minimum absolute atomic E-state index is 0.123. The third-order valence-corrected chi connectivity index (χ3v) is 4.15. The Bertz CT molecular complexity index is 572. The van der Waals surface area contributed by atoms with Gasteiger partial charge in [0.15, 0.2) is 0 Å². The lowest BCUT2D eigenvalue weighted by Crippen LogP contribution is -2.11. The average molecular weight is 266 g/mol. The molecule has 0 radical (unpaired) electrons. The van der Waals surface area contributed by atoms with E-state index in [0.29, 0.717) is 0 Å². The van der Waals surface area contributed by atoms with E-state index in [9.17, 15) is 16.8 Å². The van der Waals surface area contributed by atoms with Crippen LogP contribution in [0.5, 0.6) is 0 Å². The van der Waals surface area contributed by atoms with Gasteiger partial charge in [0.05, 0.1) is 6.61 Å². The normalized spacial score (nSPS) is 12.6. The fourth-order valence-corrected chi connectivity index (χ4v) is 3.28. The highest BCUT2D eigenvalue weighted by molar-refractivity contribution is 7.89. The standard InChI is InChI=1S/C8H10O6S2/c1-2-14-16(12,13)8-6-4-3-5-7(8)15(9,10)11/h3-6H,2H2,1H3,(H,9,10,11). The summed E-state index contributed by atoms with van der Waals surface area (Å²) >= 11 is 0. The van der Waals surface area contributed by atoms with E-state index in [1.165, 1.54) is 19.1 Å². The van der Waals surface area contributed by atoms with Crippen LogP contribution in [0.3, 0.4) is 0 Å². The lowest BCUT2D eigenvalue weighted by atomic mass is 10.4. The van der Waals surface area contributed by atoms with Gasteiger partial charge >= 0.3 is 0 Å². The Hall–Kier alpha value is -0.960. The number of rotatable bonds is 4. The molecule has 0 amide bonds. The summed E-state index contributed by atoms with van der Waals surface area (Å²) in [7, 11) is -8.76. The molecule has 1 aromatic carbocycles. The maximum Gasteiger partial charge on any atom is 0.298 e. The Kier molecular flexibility index (Phi) is 3.68. The van der Waals surface area contributed by atoms with Gasteiger partial charge in [0.25, 0.3) is 20.2 Å². The summed E-state index contributed by atoms with van der Waals surface area (Å²) < 4.78 is 58.2. The van der Waals surface area contributed by atoms with E-state index in [1.807, 2.05) is 0 Å². The first-order valence-corrected chi connectivity index (χ1v) is 7.10. The van der Waals surface area contributed by atoms with Gasteiger partial charge in [0.2, 0.25) is 0 Å². The Balaban J connectivity index is 3.48. The summed E-state index contributed by atoms with van der Waals surface area (Å²) in [5.74, 6) is 0. The van der Waals surface area contributed by atoms with Gasteiger partial charge in [-0.25, -0.2) is 0 Å². The van der Waals surface area contributed by atoms with Crippen molar-refractivity contribution in [3.8, 4) is 0 Å². The molecule has 0 heterocycles. The number of hydrogen-bond donors (Lipinski definition) is 1. The maximum atomic E-state index is 11.5. The van der Waals surface area contributed by atoms with Crippen LogP contribution in [0.4, 0.5) is 0 Å². The van der Waals surface area contributed by atoms with Crippen LogP contribution in [0, 0.1) is 0 Å². The fourth-order valence-electron chi connectivity index (χ4n) is 1.09. The molecule has 90 valence electrons. The summed E-state index contributed by atoms with van der Waals surface area (Å²) in [4.78, 5) is -1.26. The average Bonchev–Trinajstić information content (AvgIpc) is 2.16. The minimum Gasteiger partial charge on any atom is -0.282 e. The van der Waals surface area contributed by atoms with Crippen molar-refractivity contribution < 1.29 is 25.6 Å². The van der Waals surface area contributed by atoms with Gasteiger partial charge in [-0.15, -0.1) is 0 Å². The Morgan fingerprint density at radius 2 is 1.62 bits per heavy atom. The topological polar surface area (TPSA) is 97.7 Å². The summed E-state index contributed by atoms with van der Waals surface area (Å²) in [5.41, 5.74) is 0. The van der Waals surface area contributed by atoms with Crippen molar-refractivity contribution in [1.82, 2.24) is 0 Å². The Morgan fingerprint density at radius 1 is 1.12 bits per heavy atom. The zero-order chi connectivity index (χ0) is 12.4. The molecule has 0 aliphatic heterocycles. The quantitative estimate of drug-likeness (QED) is 0.635. The first kappa shape index (κ1) is 13.1. The molecule has 0 aromatic heterocycles. The van der Waals surface area contributed by atoms with Crippen LogP contribution in [0.2, 0.25) is 0 Å². The van der Waals surface area contributed by atoms with Crippen molar-refractivity contribution >= 4 is 20.2 Å². The van der Waals surface area contributed by atoms with Crippen molar-refractivity contribution in [3.05, 3.63) is 24.3 Å². The van der Waals surface area contributed by atoms with Gasteiger partial charge in [-0.05, 0) is 19.1 Å². The first-order valence-electron chi connectivity index (χ1n) is 4.25. The lowest BCUT2D eigenvalue weighted by molar-refractivity contribution is 0.336. The third kappa shape index (κ3) is 2.79. The van der Waals surface area contributed by atoms with Gasteiger partial charge in [0.1, 0.15) is 9.79 Å². The third-order valence-electron chi connectivity index (χ3n) is 1.67. The predicted octanol–water partition coefficient (Wildman–Crippen LogP) is 0.659. The van der Waals surface area contributed by atoms with Gasteiger partial charge in [-0.2, -0.15) is 16.8 Å². The Labute approximate surface area is 93.7 Å². The van der Waals surface area contributed by atoms with E-state index in [0.717, 1.165) is 12.1 Å². The van der Waals surface area contributed by atoms with Crippen LogP contribution >= 0.6 is 0 Å². The SMILES string of the molecule is CCOS(=O)(=O)c1ccccc1S(=O)(=O)O. The molecule has 0 atom stereocenters. The van der Waals surface area contributed by atoms with Gasteiger partial charge in [0, 0.05) is 0 Å². The highest BCUT2D eigenvalue weighted by Gasteiger charge is 2.24. The van der Waals surface area contributed by atoms with Crippen LogP contribution in [-0.4, -0.2) is 28.0 Å². The van der Waals surface area contributed by atoms with Crippen LogP contribution in [0.1, 0.15) is 6.92 Å². The Morgan fingerprint density at radius 3 is 2.06 bits per heavy atom. The maximum absolute atomic E-state index is 11.5. The van der Waals surface area contributed by atoms with E-state index < -0.39 is 30.0 Å². The van der Waals surface area contributed by atoms with Crippen LogP contribution < -0.4 is 0 Å². The second-order valence-corrected chi connectivity index (χ2v) is 5.76. The molecular weight excluding hydrogens is 256 g/mol. The smallest absolute Gasteiger partial charge is 0.282 e. The largest absolute Gasteiger partial charge is 0.298 e. The van der Waals surface area contributed by atoms with Crippen molar-refractivity contribution in [3.63, 3.8) is 0 Å². The molecule has 0 aliphatic carbocycles. The monoisotopic (exact) mass is 266 g/mol. The highest BCUT2D eigenvalue weighted by atomic mass is 32.2. The molecule has 0 unspecified atom stereocenters. The van der Waals surface area contributed by atoms with Gasteiger partial charge in [-0.1, -0.05) is 12.1 Å². The molecule has 0 aliphatic rings. The van der Waals surface area contributed by atoms with E-state index >= 15 is 0 Å². The molecule has 0 saturated heterocycles.